The lowest BCUT2D eigenvalue weighted by Crippen LogP contribution is -2.37. The van der Waals surface area contributed by atoms with E-state index in [0.29, 0.717) is 6.42 Å². The Morgan fingerprint density at radius 2 is 1.82 bits per heavy atom. The second-order valence-electron chi connectivity index (χ2n) is 6.13. The van der Waals surface area contributed by atoms with Crippen LogP contribution in [0.4, 0.5) is 0 Å². The molecule has 1 aliphatic heterocycles. The van der Waals surface area contributed by atoms with E-state index < -0.39 is 0 Å². The third-order valence-corrected chi connectivity index (χ3v) is 4.02. The lowest BCUT2D eigenvalue weighted by molar-refractivity contribution is -0.147. The van der Waals surface area contributed by atoms with Gasteiger partial charge in [0.05, 0.1) is 12.5 Å². The van der Waals surface area contributed by atoms with Crippen LogP contribution < -0.4 is 0 Å². The number of ketones is 1. The van der Waals surface area contributed by atoms with Crippen molar-refractivity contribution in [2.45, 2.75) is 39.2 Å². The molecule has 120 valence electrons. The van der Waals surface area contributed by atoms with Gasteiger partial charge in [-0.3, -0.25) is 9.59 Å². The Bertz CT molecular complexity index is 490. The van der Waals surface area contributed by atoms with Gasteiger partial charge >= 0.3 is 5.97 Å². The molecule has 4 nitrogen and oxygen atoms in total. The number of hydrogen-bond donors (Lipinski definition) is 0. The fraction of sp³-hybridized carbons (Fsp3) is 0.556. The standard InChI is InChI=1S/C18H25NO3/c1-14(2)22-17(20)10-13-19-11-8-16(9-12-19)18(21)15-6-4-3-5-7-15/h3-7,14,16H,8-13H2,1-2H3. The van der Waals surface area contributed by atoms with Crippen molar-refractivity contribution in [3.63, 3.8) is 0 Å². The number of benzene rings is 1. The summed E-state index contributed by atoms with van der Waals surface area (Å²) in [5, 5.41) is 0. The van der Waals surface area contributed by atoms with Gasteiger partial charge in [-0.1, -0.05) is 30.3 Å². The van der Waals surface area contributed by atoms with E-state index in [-0.39, 0.29) is 23.8 Å². The molecule has 22 heavy (non-hydrogen) atoms. The molecule has 1 heterocycles. The SMILES string of the molecule is CC(C)OC(=O)CCN1CCC(C(=O)c2ccccc2)CC1. The fourth-order valence-electron chi connectivity index (χ4n) is 2.83. The van der Waals surface area contributed by atoms with E-state index in [2.05, 4.69) is 4.90 Å². The predicted octanol–water partition coefficient (Wildman–Crippen LogP) is 2.92. The molecule has 1 saturated heterocycles. The Kier molecular flexibility index (Phi) is 6.13. The lowest BCUT2D eigenvalue weighted by atomic mass is 9.89. The number of rotatable bonds is 6. The number of nitrogens with zero attached hydrogens (tertiary/aromatic N) is 1. The highest BCUT2D eigenvalue weighted by Crippen LogP contribution is 2.21. The van der Waals surface area contributed by atoms with Crippen molar-refractivity contribution >= 4 is 11.8 Å². The fourth-order valence-corrected chi connectivity index (χ4v) is 2.83. The van der Waals surface area contributed by atoms with Gasteiger partial charge < -0.3 is 9.64 Å². The summed E-state index contributed by atoms with van der Waals surface area (Å²) in [5.41, 5.74) is 0.807. The number of carbonyl (C=O) groups is 2. The third kappa shape index (κ3) is 4.95. The zero-order valence-corrected chi connectivity index (χ0v) is 13.5. The average Bonchev–Trinajstić information content (AvgIpc) is 2.53. The van der Waals surface area contributed by atoms with Crippen LogP contribution in [0.3, 0.4) is 0 Å². The highest BCUT2D eigenvalue weighted by atomic mass is 16.5. The number of esters is 1. The van der Waals surface area contributed by atoms with E-state index in [1.807, 2.05) is 44.2 Å². The number of hydrogen-bond acceptors (Lipinski definition) is 4. The molecule has 0 unspecified atom stereocenters. The predicted molar refractivity (Wildman–Crippen MR) is 85.8 cm³/mol. The van der Waals surface area contributed by atoms with Crippen LogP contribution in [0, 0.1) is 5.92 Å². The van der Waals surface area contributed by atoms with Gasteiger partial charge in [0.25, 0.3) is 0 Å². The molecule has 0 atom stereocenters. The Labute approximate surface area is 132 Å². The van der Waals surface area contributed by atoms with E-state index in [4.69, 9.17) is 4.74 Å². The first-order valence-corrected chi connectivity index (χ1v) is 8.07. The first-order chi connectivity index (χ1) is 10.6. The van der Waals surface area contributed by atoms with Crippen LogP contribution in [-0.2, 0) is 9.53 Å². The molecule has 4 heteroatoms. The highest BCUT2D eigenvalue weighted by Gasteiger charge is 2.25. The van der Waals surface area contributed by atoms with Crippen LogP contribution in [-0.4, -0.2) is 42.4 Å². The number of piperidine rings is 1. The second-order valence-corrected chi connectivity index (χ2v) is 6.13. The summed E-state index contributed by atoms with van der Waals surface area (Å²) in [7, 11) is 0. The van der Waals surface area contributed by atoms with Crippen molar-refractivity contribution in [1.29, 1.82) is 0 Å². The van der Waals surface area contributed by atoms with Crippen molar-refractivity contribution in [3.8, 4) is 0 Å². The molecule has 1 aromatic carbocycles. The van der Waals surface area contributed by atoms with E-state index >= 15 is 0 Å². The molecule has 1 aliphatic rings. The normalized spacial score (nSPS) is 16.7. The molecule has 0 spiro atoms. The summed E-state index contributed by atoms with van der Waals surface area (Å²) < 4.78 is 5.14. The van der Waals surface area contributed by atoms with E-state index in [0.717, 1.165) is 38.0 Å². The smallest absolute Gasteiger partial charge is 0.307 e. The second kappa shape index (κ2) is 8.08. The molecule has 0 radical (unpaired) electrons. The lowest BCUT2D eigenvalue weighted by Gasteiger charge is -2.31. The van der Waals surface area contributed by atoms with Gasteiger partial charge in [-0.05, 0) is 39.8 Å². The quantitative estimate of drug-likeness (QED) is 0.599. The molecule has 0 N–H and O–H groups in total. The van der Waals surface area contributed by atoms with Crippen molar-refractivity contribution in [2.24, 2.45) is 5.92 Å². The Balaban J connectivity index is 1.74. The summed E-state index contributed by atoms with van der Waals surface area (Å²) in [6.45, 7) is 6.19. The van der Waals surface area contributed by atoms with Crippen molar-refractivity contribution in [2.75, 3.05) is 19.6 Å². The topological polar surface area (TPSA) is 46.6 Å². The molecule has 0 aliphatic carbocycles. The van der Waals surface area contributed by atoms with Crippen molar-refractivity contribution in [3.05, 3.63) is 35.9 Å². The maximum atomic E-state index is 12.4. The molecule has 0 aromatic heterocycles. The number of carbonyl (C=O) groups excluding carboxylic acids is 2. The summed E-state index contributed by atoms with van der Waals surface area (Å²) in [6, 6.07) is 9.51. The van der Waals surface area contributed by atoms with E-state index in [1.54, 1.807) is 0 Å². The summed E-state index contributed by atoms with van der Waals surface area (Å²) in [4.78, 5) is 26.2. The molecular weight excluding hydrogens is 278 g/mol. The largest absolute Gasteiger partial charge is 0.463 e. The number of likely N-dealkylation sites (tertiary alicyclic amines) is 1. The van der Waals surface area contributed by atoms with Crippen LogP contribution in [0.2, 0.25) is 0 Å². The van der Waals surface area contributed by atoms with Gasteiger partial charge in [0.1, 0.15) is 0 Å². The third-order valence-electron chi connectivity index (χ3n) is 4.02. The van der Waals surface area contributed by atoms with Gasteiger partial charge in [-0.15, -0.1) is 0 Å². The molecule has 0 saturated carbocycles. The minimum absolute atomic E-state index is 0.0540. The Morgan fingerprint density at radius 3 is 2.41 bits per heavy atom. The average molecular weight is 303 g/mol. The van der Waals surface area contributed by atoms with Gasteiger partial charge in [-0.25, -0.2) is 0 Å². The highest BCUT2D eigenvalue weighted by molar-refractivity contribution is 5.97. The minimum atomic E-state index is -0.141. The first kappa shape index (κ1) is 16.7. The van der Waals surface area contributed by atoms with Crippen molar-refractivity contribution < 1.29 is 14.3 Å². The molecular formula is C18H25NO3. The van der Waals surface area contributed by atoms with Gasteiger partial charge in [-0.2, -0.15) is 0 Å². The summed E-state index contributed by atoms with van der Waals surface area (Å²) in [6.07, 6.45) is 2.11. The van der Waals surface area contributed by atoms with Gasteiger partial charge in [0, 0.05) is 18.0 Å². The first-order valence-electron chi connectivity index (χ1n) is 8.07. The molecule has 2 rings (SSSR count). The van der Waals surface area contributed by atoms with Crippen LogP contribution in [0.25, 0.3) is 0 Å². The molecule has 1 aromatic rings. The van der Waals surface area contributed by atoms with Crippen LogP contribution >= 0.6 is 0 Å². The zero-order chi connectivity index (χ0) is 15.9. The number of ether oxygens (including phenoxy) is 1. The van der Waals surface area contributed by atoms with Crippen LogP contribution in [0.1, 0.15) is 43.5 Å². The van der Waals surface area contributed by atoms with Crippen molar-refractivity contribution in [1.82, 2.24) is 4.90 Å². The number of Topliss-reactive ketones (excluding diaryl/α,β-unsaturated/α-hetero) is 1. The maximum absolute atomic E-state index is 12.4. The molecule has 0 bridgehead atoms. The summed E-state index contributed by atoms with van der Waals surface area (Å²) in [5.74, 6) is 0.221. The van der Waals surface area contributed by atoms with Crippen LogP contribution in [0.5, 0.6) is 0 Å². The Morgan fingerprint density at radius 1 is 1.18 bits per heavy atom. The van der Waals surface area contributed by atoms with E-state index in [1.165, 1.54) is 0 Å². The Hall–Kier alpha value is -1.68. The van der Waals surface area contributed by atoms with E-state index in [9.17, 15) is 9.59 Å². The monoisotopic (exact) mass is 303 g/mol. The molecule has 0 amide bonds. The van der Waals surface area contributed by atoms with Gasteiger partial charge in [0.2, 0.25) is 0 Å². The summed E-state index contributed by atoms with van der Waals surface area (Å²) >= 11 is 0. The minimum Gasteiger partial charge on any atom is -0.463 e. The molecule has 1 fully saturated rings. The zero-order valence-electron chi connectivity index (χ0n) is 13.5. The van der Waals surface area contributed by atoms with Crippen LogP contribution in [0.15, 0.2) is 30.3 Å². The van der Waals surface area contributed by atoms with Gasteiger partial charge in [0.15, 0.2) is 5.78 Å². The maximum Gasteiger partial charge on any atom is 0.307 e.